The van der Waals surface area contributed by atoms with E-state index in [9.17, 15) is 0 Å². The first kappa shape index (κ1) is 38.1. The Kier molecular flexibility index (Phi) is 9.04. The van der Waals surface area contributed by atoms with Gasteiger partial charge in [0.05, 0.1) is 11.1 Å². The topological polar surface area (TPSA) is 12.5 Å². The van der Waals surface area contributed by atoms with Gasteiger partial charge in [0, 0.05) is 21.9 Å². The van der Waals surface area contributed by atoms with Gasteiger partial charge in [-0.2, -0.15) is 0 Å². The SMILES string of the molecule is CC(C)(C)c1cc(N(c2ccccc2)c2cc(Oc3cccc(Br)c3)cc(-c3cccc4c3C3(c5ccccc5-c5ccccc53)c3ccccc3-4)c2)cc(C(C)(C)C)c1. The van der Waals surface area contributed by atoms with E-state index in [-0.39, 0.29) is 10.8 Å². The number of halogens is 1. The molecule has 2 aliphatic carbocycles. The first-order valence-corrected chi connectivity index (χ1v) is 21.7. The number of benzene rings is 8. The van der Waals surface area contributed by atoms with Crippen molar-refractivity contribution in [2.45, 2.75) is 57.8 Å². The van der Waals surface area contributed by atoms with Gasteiger partial charge in [-0.1, -0.05) is 179 Å². The summed E-state index contributed by atoms with van der Waals surface area (Å²) in [5.74, 6) is 1.53. The number of hydrogen-bond donors (Lipinski definition) is 0. The molecule has 0 N–H and O–H groups in total. The lowest BCUT2D eigenvalue weighted by Gasteiger charge is -2.33. The normalized spacial score (nSPS) is 13.4. The van der Waals surface area contributed by atoms with Gasteiger partial charge in [-0.3, -0.25) is 0 Å². The highest BCUT2D eigenvalue weighted by Gasteiger charge is 2.52. The van der Waals surface area contributed by atoms with Gasteiger partial charge in [-0.25, -0.2) is 0 Å². The van der Waals surface area contributed by atoms with E-state index in [0.29, 0.717) is 0 Å². The van der Waals surface area contributed by atoms with Gasteiger partial charge in [0.25, 0.3) is 0 Å². The van der Waals surface area contributed by atoms with E-state index >= 15 is 0 Å². The van der Waals surface area contributed by atoms with Gasteiger partial charge in [-0.15, -0.1) is 0 Å². The molecule has 0 aliphatic heterocycles. The average Bonchev–Trinajstić information content (AvgIpc) is 3.71. The first-order chi connectivity index (χ1) is 28.9. The second-order valence-electron chi connectivity index (χ2n) is 18.3. The third-order valence-electron chi connectivity index (χ3n) is 12.4. The fourth-order valence-electron chi connectivity index (χ4n) is 9.62. The minimum Gasteiger partial charge on any atom is -0.457 e. The van der Waals surface area contributed by atoms with Crippen molar-refractivity contribution in [1.29, 1.82) is 0 Å². The van der Waals surface area contributed by atoms with E-state index in [4.69, 9.17) is 4.74 Å². The van der Waals surface area contributed by atoms with Crippen LogP contribution in [0.3, 0.4) is 0 Å². The molecule has 0 fully saturated rings. The number of nitrogens with zero attached hydrogens (tertiary/aromatic N) is 1. The Morgan fingerprint density at radius 2 is 0.917 bits per heavy atom. The van der Waals surface area contributed by atoms with Crippen LogP contribution in [0.5, 0.6) is 11.5 Å². The third kappa shape index (κ3) is 6.21. The van der Waals surface area contributed by atoms with Crippen LogP contribution in [0.4, 0.5) is 17.1 Å². The van der Waals surface area contributed by atoms with E-state index < -0.39 is 5.41 Å². The fourth-order valence-corrected chi connectivity index (χ4v) is 10.00. The van der Waals surface area contributed by atoms with Crippen LogP contribution in [-0.4, -0.2) is 0 Å². The van der Waals surface area contributed by atoms with Crippen molar-refractivity contribution >= 4 is 33.0 Å². The fraction of sp³-hybridized carbons (Fsp3) is 0.158. The van der Waals surface area contributed by atoms with Gasteiger partial charge >= 0.3 is 0 Å². The van der Waals surface area contributed by atoms with Crippen LogP contribution in [0.25, 0.3) is 33.4 Å². The Bertz CT molecular complexity index is 2850. The Labute approximate surface area is 363 Å². The summed E-state index contributed by atoms with van der Waals surface area (Å²) < 4.78 is 7.86. The zero-order valence-corrected chi connectivity index (χ0v) is 36.6. The summed E-state index contributed by atoms with van der Waals surface area (Å²) in [6.07, 6.45) is 0. The molecule has 1 spiro atoms. The summed E-state index contributed by atoms with van der Waals surface area (Å²) >= 11 is 3.69. The van der Waals surface area contributed by atoms with E-state index in [0.717, 1.165) is 38.6 Å². The third-order valence-corrected chi connectivity index (χ3v) is 12.9. The van der Waals surface area contributed by atoms with Gasteiger partial charge in [0.15, 0.2) is 0 Å². The van der Waals surface area contributed by atoms with Crippen molar-refractivity contribution in [2.24, 2.45) is 0 Å². The van der Waals surface area contributed by atoms with E-state index in [1.54, 1.807) is 0 Å². The van der Waals surface area contributed by atoms with E-state index in [2.05, 4.69) is 220 Å². The smallest absolute Gasteiger partial charge is 0.130 e. The molecule has 0 aromatic heterocycles. The van der Waals surface area contributed by atoms with Crippen LogP contribution in [-0.2, 0) is 16.2 Å². The number of fused-ring (bicyclic) bond motifs is 10. The molecule has 0 atom stereocenters. The van der Waals surface area contributed by atoms with E-state index in [1.807, 2.05) is 24.3 Å². The number of rotatable bonds is 6. The molecule has 0 saturated heterocycles. The highest BCUT2D eigenvalue weighted by atomic mass is 79.9. The molecule has 60 heavy (non-hydrogen) atoms. The van der Waals surface area contributed by atoms with Crippen molar-refractivity contribution in [2.75, 3.05) is 4.90 Å². The van der Waals surface area contributed by atoms with Gasteiger partial charge in [-0.05, 0) is 132 Å². The lowest BCUT2D eigenvalue weighted by molar-refractivity contribution is 0.482. The molecule has 0 radical (unpaired) electrons. The molecule has 10 rings (SSSR count). The van der Waals surface area contributed by atoms with E-state index in [1.165, 1.54) is 61.2 Å². The molecular weight excluding hydrogens is 795 g/mol. The monoisotopic (exact) mass is 841 g/mol. The molecule has 2 aliphatic rings. The van der Waals surface area contributed by atoms with Crippen molar-refractivity contribution in [1.82, 2.24) is 0 Å². The zero-order chi connectivity index (χ0) is 41.4. The molecule has 0 saturated carbocycles. The Morgan fingerprint density at radius 3 is 1.50 bits per heavy atom. The van der Waals surface area contributed by atoms with Gasteiger partial charge in [0.2, 0.25) is 0 Å². The van der Waals surface area contributed by atoms with Gasteiger partial charge < -0.3 is 9.64 Å². The Morgan fingerprint density at radius 1 is 0.417 bits per heavy atom. The molecule has 0 unspecified atom stereocenters. The average molecular weight is 843 g/mol. The maximum absolute atomic E-state index is 6.89. The number of anilines is 3. The number of ether oxygens (including phenoxy) is 1. The molecule has 294 valence electrons. The van der Waals surface area contributed by atoms with Gasteiger partial charge in [0.1, 0.15) is 11.5 Å². The minimum absolute atomic E-state index is 0.0586. The number of hydrogen-bond acceptors (Lipinski definition) is 2. The lowest BCUT2D eigenvalue weighted by atomic mass is 9.68. The van der Waals surface area contributed by atoms with Crippen LogP contribution in [0.1, 0.15) is 74.9 Å². The quantitative estimate of drug-likeness (QED) is 0.165. The Balaban J connectivity index is 1.28. The lowest BCUT2D eigenvalue weighted by Crippen LogP contribution is -2.26. The first-order valence-electron chi connectivity index (χ1n) is 20.9. The molecule has 8 aromatic carbocycles. The highest BCUT2D eigenvalue weighted by molar-refractivity contribution is 9.10. The summed E-state index contributed by atoms with van der Waals surface area (Å²) in [4.78, 5) is 2.41. The van der Waals surface area contributed by atoms with Crippen LogP contribution >= 0.6 is 15.9 Å². The molecule has 3 heteroatoms. The predicted octanol–water partition coefficient (Wildman–Crippen LogP) is 16.3. The second-order valence-corrected chi connectivity index (χ2v) is 19.2. The van der Waals surface area contributed by atoms with Crippen LogP contribution in [0.15, 0.2) is 186 Å². The number of para-hydroxylation sites is 1. The summed E-state index contributed by atoms with van der Waals surface area (Å²) in [6, 6.07) is 66.8. The molecule has 0 bridgehead atoms. The standard InChI is InChI=1S/C57H48BrNO/c1-55(2,3)38-32-39(56(4,5)6)34-43(33-38)59(41-19-8-7-9-20-41)42-30-37(31-45(36-42)60-44-21-16-18-40(58)35-44)46-25-17-26-50-49-24-12-15-29-53(49)57(54(46)50)51-27-13-10-22-47(51)48-23-11-14-28-52(48)57/h7-36H,1-6H3. The van der Waals surface area contributed by atoms with Crippen molar-refractivity contribution < 1.29 is 4.74 Å². The summed E-state index contributed by atoms with van der Waals surface area (Å²) in [5, 5.41) is 0. The minimum atomic E-state index is -0.501. The van der Waals surface area contributed by atoms with Crippen molar-refractivity contribution in [3.63, 3.8) is 0 Å². The Hall–Kier alpha value is -6.16. The molecule has 8 aromatic rings. The van der Waals surface area contributed by atoms with Crippen molar-refractivity contribution in [3.05, 3.63) is 220 Å². The molecular formula is C57H48BrNO. The van der Waals surface area contributed by atoms with Crippen molar-refractivity contribution in [3.8, 4) is 44.9 Å². The maximum Gasteiger partial charge on any atom is 0.130 e. The molecule has 0 amide bonds. The highest BCUT2D eigenvalue weighted by Crippen LogP contribution is 2.64. The summed E-state index contributed by atoms with van der Waals surface area (Å²) in [5.41, 5.74) is 17.9. The molecule has 2 nitrogen and oxygen atoms in total. The molecule has 0 heterocycles. The van der Waals surface area contributed by atoms with Crippen LogP contribution in [0.2, 0.25) is 0 Å². The maximum atomic E-state index is 6.89. The zero-order valence-electron chi connectivity index (χ0n) is 35.1. The summed E-state index contributed by atoms with van der Waals surface area (Å²) in [7, 11) is 0. The predicted molar refractivity (Wildman–Crippen MR) is 254 cm³/mol. The second kappa shape index (κ2) is 14.2. The van der Waals surface area contributed by atoms with Crippen LogP contribution in [0, 0.1) is 0 Å². The summed E-state index contributed by atoms with van der Waals surface area (Å²) in [6.45, 7) is 13.8. The van der Waals surface area contributed by atoms with Crippen LogP contribution < -0.4 is 9.64 Å². The largest absolute Gasteiger partial charge is 0.457 e.